The number of hydrogen-bond acceptors (Lipinski definition) is 4. The zero-order chi connectivity index (χ0) is 15.6. The fourth-order valence-corrected chi connectivity index (χ4v) is 2.95. The van der Waals surface area contributed by atoms with Crippen LogP contribution in [0, 0.1) is 5.92 Å². The molecule has 0 unspecified atom stereocenters. The highest BCUT2D eigenvalue weighted by molar-refractivity contribution is 5.66. The summed E-state index contributed by atoms with van der Waals surface area (Å²) in [7, 11) is 1.97. The van der Waals surface area contributed by atoms with Crippen molar-refractivity contribution in [2.45, 2.75) is 25.8 Å². The lowest BCUT2D eigenvalue weighted by molar-refractivity contribution is 0.297. The molecule has 0 amide bonds. The Morgan fingerprint density at radius 3 is 2.87 bits per heavy atom. The van der Waals surface area contributed by atoms with Gasteiger partial charge in [0.2, 0.25) is 0 Å². The quantitative estimate of drug-likeness (QED) is 0.922. The zero-order valence-electron chi connectivity index (χ0n) is 13.5. The smallest absolute Gasteiger partial charge is 0.161 e. The Labute approximate surface area is 136 Å². The molecular weight excluding hydrogens is 290 g/mol. The van der Waals surface area contributed by atoms with E-state index < -0.39 is 0 Å². The van der Waals surface area contributed by atoms with Crippen molar-refractivity contribution in [1.29, 1.82) is 0 Å². The van der Waals surface area contributed by atoms with Gasteiger partial charge < -0.3 is 14.8 Å². The van der Waals surface area contributed by atoms with Crippen LogP contribution in [0.5, 0.6) is 11.5 Å². The molecule has 0 radical (unpaired) electrons. The molecule has 5 heteroatoms. The van der Waals surface area contributed by atoms with Gasteiger partial charge in [0.1, 0.15) is 0 Å². The van der Waals surface area contributed by atoms with Crippen molar-refractivity contribution >= 4 is 0 Å². The summed E-state index contributed by atoms with van der Waals surface area (Å²) >= 11 is 0. The molecule has 1 aliphatic carbocycles. The molecule has 1 aliphatic heterocycles. The number of nitrogens with zero attached hydrogens (tertiary/aromatic N) is 2. The summed E-state index contributed by atoms with van der Waals surface area (Å²) in [4.78, 5) is 0. The largest absolute Gasteiger partial charge is 0.490 e. The fraction of sp³-hybridized carbons (Fsp3) is 0.500. The fourth-order valence-electron chi connectivity index (χ4n) is 2.95. The normalized spacial score (nSPS) is 17.1. The van der Waals surface area contributed by atoms with Crippen molar-refractivity contribution < 1.29 is 9.47 Å². The van der Waals surface area contributed by atoms with Crippen molar-refractivity contribution in [2.75, 3.05) is 19.8 Å². The van der Waals surface area contributed by atoms with Crippen molar-refractivity contribution in [3.05, 3.63) is 30.0 Å². The van der Waals surface area contributed by atoms with E-state index in [4.69, 9.17) is 9.47 Å². The maximum Gasteiger partial charge on any atom is 0.161 e. The number of hydrogen-bond donors (Lipinski definition) is 1. The maximum atomic E-state index is 5.80. The molecule has 1 fully saturated rings. The van der Waals surface area contributed by atoms with Gasteiger partial charge in [-0.3, -0.25) is 4.68 Å². The van der Waals surface area contributed by atoms with E-state index >= 15 is 0 Å². The predicted molar refractivity (Wildman–Crippen MR) is 88.7 cm³/mol. The van der Waals surface area contributed by atoms with Crippen molar-refractivity contribution in [2.24, 2.45) is 13.0 Å². The van der Waals surface area contributed by atoms with Crippen LogP contribution in [0.15, 0.2) is 24.4 Å². The third-order valence-electron chi connectivity index (χ3n) is 4.37. The first-order valence-corrected chi connectivity index (χ1v) is 8.43. The van der Waals surface area contributed by atoms with Gasteiger partial charge in [-0.2, -0.15) is 5.10 Å². The molecule has 1 aromatic carbocycles. The van der Waals surface area contributed by atoms with Gasteiger partial charge in [0.05, 0.1) is 18.9 Å². The summed E-state index contributed by atoms with van der Waals surface area (Å²) in [6.07, 6.45) is 5.76. The van der Waals surface area contributed by atoms with Gasteiger partial charge in [0, 0.05) is 37.3 Å². The lowest BCUT2D eigenvalue weighted by Crippen LogP contribution is -2.16. The second-order valence-corrected chi connectivity index (χ2v) is 6.46. The summed E-state index contributed by atoms with van der Waals surface area (Å²) < 4.78 is 13.4. The molecule has 0 saturated heterocycles. The van der Waals surface area contributed by atoms with Gasteiger partial charge in [-0.05, 0) is 43.5 Å². The van der Waals surface area contributed by atoms with Crippen molar-refractivity contribution in [3.8, 4) is 22.8 Å². The topological polar surface area (TPSA) is 48.3 Å². The number of benzene rings is 1. The molecule has 1 saturated carbocycles. The van der Waals surface area contributed by atoms with Crippen LogP contribution in [-0.4, -0.2) is 29.5 Å². The number of fused-ring (bicyclic) bond motifs is 1. The van der Waals surface area contributed by atoms with Gasteiger partial charge in [-0.15, -0.1) is 0 Å². The molecule has 0 bridgehead atoms. The van der Waals surface area contributed by atoms with Gasteiger partial charge in [-0.1, -0.05) is 0 Å². The molecule has 1 N–H and O–H groups in total. The highest BCUT2D eigenvalue weighted by atomic mass is 16.5. The van der Waals surface area contributed by atoms with E-state index in [0.717, 1.165) is 48.2 Å². The van der Waals surface area contributed by atoms with E-state index in [1.165, 1.54) is 18.4 Å². The molecule has 122 valence electrons. The molecular formula is C18H23N3O2. The van der Waals surface area contributed by atoms with Gasteiger partial charge in [-0.25, -0.2) is 0 Å². The monoisotopic (exact) mass is 313 g/mol. The average Bonchev–Trinajstić information content (AvgIpc) is 3.33. The average molecular weight is 313 g/mol. The van der Waals surface area contributed by atoms with E-state index in [1.54, 1.807) is 0 Å². The number of aromatic nitrogens is 2. The second kappa shape index (κ2) is 6.24. The lowest BCUT2D eigenvalue weighted by atomic mass is 10.1. The van der Waals surface area contributed by atoms with Crippen LogP contribution < -0.4 is 14.8 Å². The summed E-state index contributed by atoms with van der Waals surface area (Å²) in [6, 6.07) is 6.11. The minimum Gasteiger partial charge on any atom is -0.490 e. The van der Waals surface area contributed by atoms with E-state index in [-0.39, 0.29) is 0 Å². The van der Waals surface area contributed by atoms with Gasteiger partial charge in [0.15, 0.2) is 11.5 Å². The third-order valence-corrected chi connectivity index (χ3v) is 4.37. The lowest BCUT2D eigenvalue weighted by Gasteiger charge is -2.09. The highest BCUT2D eigenvalue weighted by Gasteiger charge is 2.21. The van der Waals surface area contributed by atoms with E-state index in [2.05, 4.69) is 22.7 Å². The Morgan fingerprint density at radius 2 is 2.04 bits per heavy atom. The first-order chi connectivity index (χ1) is 11.3. The number of ether oxygens (including phenoxy) is 2. The third kappa shape index (κ3) is 3.34. The molecule has 1 aromatic heterocycles. The van der Waals surface area contributed by atoms with Gasteiger partial charge >= 0.3 is 0 Å². The minimum absolute atomic E-state index is 0.703. The Kier molecular flexibility index (Phi) is 3.95. The van der Waals surface area contributed by atoms with Crippen LogP contribution in [0.2, 0.25) is 0 Å². The van der Waals surface area contributed by atoms with E-state index in [1.807, 2.05) is 23.9 Å². The summed E-state index contributed by atoms with van der Waals surface area (Å²) in [6.45, 7) is 3.38. The van der Waals surface area contributed by atoms with Crippen molar-refractivity contribution in [1.82, 2.24) is 15.1 Å². The highest BCUT2D eigenvalue weighted by Crippen LogP contribution is 2.35. The number of nitrogens with one attached hydrogen (secondary N) is 1. The van der Waals surface area contributed by atoms with Gasteiger partial charge in [0.25, 0.3) is 0 Å². The molecule has 5 nitrogen and oxygen atoms in total. The molecule has 4 rings (SSSR count). The van der Waals surface area contributed by atoms with Crippen LogP contribution >= 0.6 is 0 Å². The predicted octanol–water partition coefficient (Wildman–Crippen LogP) is 2.75. The summed E-state index contributed by atoms with van der Waals surface area (Å²) in [5, 5.41) is 8.20. The van der Waals surface area contributed by atoms with Crippen molar-refractivity contribution in [3.63, 3.8) is 0 Å². The van der Waals surface area contributed by atoms with E-state index in [9.17, 15) is 0 Å². The van der Waals surface area contributed by atoms with Crippen LogP contribution in [0.1, 0.15) is 24.8 Å². The summed E-state index contributed by atoms with van der Waals surface area (Å²) in [5.74, 6) is 2.53. The Bertz CT molecular complexity index is 692. The number of aryl methyl sites for hydroxylation is 1. The Morgan fingerprint density at radius 1 is 1.22 bits per heavy atom. The first kappa shape index (κ1) is 14.6. The van der Waals surface area contributed by atoms with E-state index in [0.29, 0.717) is 13.2 Å². The molecule has 2 heterocycles. The SMILES string of the molecule is Cn1cc(CNCC2CC2)c(-c2ccc3c(c2)OCCCO3)n1. The summed E-state index contributed by atoms with van der Waals surface area (Å²) in [5.41, 5.74) is 3.33. The molecule has 2 aliphatic rings. The Hall–Kier alpha value is -2.01. The first-order valence-electron chi connectivity index (χ1n) is 8.43. The van der Waals surface area contributed by atoms with Crippen LogP contribution in [0.4, 0.5) is 0 Å². The van der Waals surface area contributed by atoms with Crippen LogP contribution in [0.3, 0.4) is 0 Å². The molecule has 0 atom stereocenters. The Balaban J connectivity index is 1.57. The molecule has 23 heavy (non-hydrogen) atoms. The standard InChI is InChI=1S/C18H23N3O2/c1-21-12-15(11-19-10-13-3-4-13)18(20-21)14-5-6-16-17(9-14)23-8-2-7-22-16/h5-6,9,12-13,19H,2-4,7-8,10-11H2,1H3. The second-order valence-electron chi connectivity index (χ2n) is 6.46. The molecule has 0 spiro atoms. The maximum absolute atomic E-state index is 5.80. The number of rotatable bonds is 5. The minimum atomic E-state index is 0.703. The zero-order valence-corrected chi connectivity index (χ0v) is 13.5. The molecule has 2 aromatic rings. The van der Waals surface area contributed by atoms with Crippen LogP contribution in [0.25, 0.3) is 11.3 Å². The van der Waals surface area contributed by atoms with Crippen LogP contribution in [-0.2, 0) is 13.6 Å².